The van der Waals surface area contributed by atoms with Gasteiger partial charge in [-0.2, -0.15) is 0 Å². The molecule has 1 aliphatic carbocycles. The number of nitrogens with one attached hydrogen (secondary N) is 2. The van der Waals surface area contributed by atoms with E-state index in [2.05, 4.69) is 51.6 Å². The summed E-state index contributed by atoms with van der Waals surface area (Å²) in [5.41, 5.74) is 5.85. The van der Waals surface area contributed by atoms with Gasteiger partial charge in [-0.05, 0) is 69.2 Å². The van der Waals surface area contributed by atoms with Crippen LogP contribution in [0.5, 0.6) is 0 Å². The minimum atomic E-state index is -0.0558. The molecule has 1 saturated heterocycles. The van der Waals surface area contributed by atoms with E-state index in [0.717, 1.165) is 71.1 Å². The standard InChI is InChI=1S/C26H30N6OS/c1-17-12-21(13-18(2)29-17)23-22(20-7-4-6-19(14-20)15-27-3)30-24(34-23)31-25(33)32-11-10-28-16-26(32)8-5-9-26/h4,6-7,12-14,28H,3,5,8-11,15-16H2,1-2H3,(H,30,31,33). The number of aliphatic imine (C=N–C) groups is 1. The van der Waals surface area contributed by atoms with Crippen LogP contribution in [-0.2, 0) is 6.54 Å². The van der Waals surface area contributed by atoms with Crippen molar-refractivity contribution in [3.8, 4) is 21.7 Å². The summed E-state index contributed by atoms with van der Waals surface area (Å²) in [6, 6.07) is 12.3. The third kappa shape index (κ3) is 4.35. The molecule has 2 amide bonds. The Bertz CT molecular complexity index is 1210. The van der Waals surface area contributed by atoms with Gasteiger partial charge in [0, 0.05) is 36.6 Å². The number of urea groups is 1. The van der Waals surface area contributed by atoms with Crippen molar-refractivity contribution in [2.75, 3.05) is 25.0 Å². The molecule has 3 aromatic rings. The highest BCUT2D eigenvalue weighted by atomic mass is 32.1. The SMILES string of the molecule is C=NCc1cccc(-c2nc(NC(=O)N3CCNCC34CCC4)sc2-c2cc(C)nc(C)c2)c1. The molecule has 176 valence electrons. The number of hydrogen-bond acceptors (Lipinski definition) is 6. The van der Waals surface area contributed by atoms with Gasteiger partial charge in [0.2, 0.25) is 0 Å². The average Bonchev–Trinajstić information content (AvgIpc) is 3.21. The summed E-state index contributed by atoms with van der Waals surface area (Å²) in [4.78, 5) is 29.9. The van der Waals surface area contributed by atoms with E-state index in [1.807, 2.05) is 30.9 Å². The van der Waals surface area contributed by atoms with Crippen molar-refractivity contribution >= 4 is 29.2 Å². The summed E-state index contributed by atoms with van der Waals surface area (Å²) in [6.45, 7) is 10.6. The van der Waals surface area contributed by atoms with Gasteiger partial charge in [0.25, 0.3) is 0 Å². The van der Waals surface area contributed by atoms with Gasteiger partial charge < -0.3 is 10.2 Å². The molecule has 0 bridgehead atoms. The molecular weight excluding hydrogens is 444 g/mol. The van der Waals surface area contributed by atoms with Crippen molar-refractivity contribution in [2.24, 2.45) is 4.99 Å². The molecule has 5 rings (SSSR count). The number of carbonyl (C=O) groups excluding carboxylic acids is 1. The summed E-state index contributed by atoms with van der Waals surface area (Å²) in [6.07, 6.45) is 3.29. The maximum Gasteiger partial charge on any atom is 0.324 e. The Morgan fingerprint density at radius 3 is 2.71 bits per heavy atom. The second-order valence-electron chi connectivity index (χ2n) is 9.25. The first-order valence-electron chi connectivity index (χ1n) is 11.8. The summed E-state index contributed by atoms with van der Waals surface area (Å²) in [7, 11) is 0. The van der Waals surface area contributed by atoms with E-state index in [-0.39, 0.29) is 11.6 Å². The Balaban J connectivity index is 1.52. The number of amides is 2. The lowest BCUT2D eigenvalue weighted by molar-refractivity contribution is 0.0322. The van der Waals surface area contributed by atoms with E-state index in [0.29, 0.717) is 11.7 Å². The number of nitrogens with zero attached hydrogens (tertiary/aromatic N) is 4. The number of rotatable bonds is 5. The molecule has 2 N–H and O–H groups in total. The number of thiazole rings is 1. The second kappa shape index (κ2) is 9.27. The molecule has 8 heteroatoms. The van der Waals surface area contributed by atoms with Crippen molar-refractivity contribution < 1.29 is 4.79 Å². The molecule has 1 saturated carbocycles. The third-order valence-electron chi connectivity index (χ3n) is 6.75. The first-order valence-corrected chi connectivity index (χ1v) is 12.6. The van der Waals surface area contributed by atoms with Gasteiger partial charge in [0.05, 0.1) is 22.7 Å². The van der Waals surface area contributed by atoms with Gasteiger partial charge >= 0.3 is 6.03 Å². The topological polar surface area (TPSA) is 82.5 Å². The Morgan fingerprint density at radius 1 is 1.21 bits per heavy atom. The van der Waals surface area contributed by atoms with E-state index in [1.165, 1.54) is 17.8 Å². The molecule has 2 aliphatic rings. The van der Waals surface area contributed by atoms with Crippen LogP contribution in [0, 0.1) is 13.8 Å². The lowest BCUT2D eigenvalue weighted by Gasteiger charge is -2.52. The predicted octanol–water partition coefficient (Wildman–Crippen LogP) is 5.05. The first kappa shape index (κ1) is 22.7. The number of piperazine rings is 1. The molecule has 34 heavy (non-hydrogen) atoms. The van der Waals surface area contributed by atoms with E-state index in [9.17, 15) is 4.79 Å². The van der Waals surface area contributed by atoms with Crippen molar-refractivity contribution in [1.82, 2.24) is 20.2 Å². The molecular formula is C26H30N6OS. The van der Waals surface area contributed by atoms with Crippen LogP contribution in [0.2, 0.25) is 0 Å². The Labute approximate surface area is 204 Å². The van der Waals surface area contributed by atoms with Gasteiger partial charge in [0.15, 0.2) is 5.13 Å². The lowest BCUT2D eigenvalue weighted by atomic mass is 9.74. The van der Waals surface area contributed by atoms with Gasteiger partial charge in [0.1, 0.15) is 0 Å². The Kier molecular flexibility index (Phi) is 6.18. The minimum Gasteiger partial charge on any atom is -0.316 e. The predicted molar refractivity (Wildman–Crippen MR) is 139 cm³/mol. The van der Waals surface area contributed by atoms with Crippen molar-refractivity contribution in [1.29, 1.82) is 0 Å². The summed E-state index contributed by atoms with van der Waals surface area (Å²) in [5.74, 6) is 0. The number of aromatic nitrogens is 2. The Hall–Kier alpha value is -3.10. The van der Waals surface area contributed by atoms with Crippen LogP contribution in [0.15, 0.2) is 41.4 Å². The third-order valence-corrected chi connectivity index (χ3v) is 7.77. The molecule has 0 atom stereocenters. The number of benzene rings is 1. The largest absolute Gasteiger partial charge is 0.324 e. The first-order chi connectivity index (χ1) is 16.5. The van der Waals surface area contributed by atoms with Gasteiger partial charge in [-0.25, -0.2) is 9.78 Å². The van der Waals surface area contributed by atoms with Crippen LogP contribution in [0.25, 0.3) is 21.7 Å². The number of hydrogen-bond donors (Lipinski definition) is 2. The van der Waals surface area contributed by atoms with Gasteiger partial charge in [-0.3, -0.25) is 15.3 Å². The van der Waals surface area contributed by atoms with Crippen molar-refractivity contribution in [3.63, 3.8) is 0 Å². The fourth-order valence-electron chi connectivity index (χ4n) is 5.03. The normalized spacial score (nSPS) is 16.8. The smallest absolute Gasteiger partial charge is 0.316 e. The molecule has 0 unspecified atom stereocenters. The highest BCUT2D eigenvalue weighted by Gasteiger charge is 2.46. The molecule has 3 heterocycles. The van der Waals surface area contributed by atoms with E-state index < -0.39 is 0 Å². The number of anilines is 1. The Morgan fingerprint density at radius 2 is 2.00 bits per heavy atom. The summed E-state index contributed by atoms with van der Waals surface area (Å²) in [5, 5.41) is 7.20. The number of aryl methyl sites for hydroxylation is 2. The van der Waals surface area contributed by atoms with Crippen LogP contribution in [-0.4, -0.2) is 52.8 Å². The number of carbonyl (C=O) groups is 1. The van der Waals surface area contributed by atoms with Crippen molar-refractivity contribution in [3.05, 3.63) is 53.3 Å². The zero-order chi connectivity index (χ0) is 23.7. The maximum absolute atomic E-state index is 13.3. The average molecular weight is 475 g/mol. The fraction of sp³-hybridized carbons (Fsp3) is 0.385. The van der Waals surface area contributed by atoms with Crippen LogP contribution in [0.3, 0.4) is 0 Å². The minimum absolute atomic E-state index is 0.0450. The molecule has 7 nitrogen and oxygen atoms in total. The van der Waals surface area contributed by atoms with Crippen LogP contribution in [0.4, 0.5) is 9.93 Å². The number of pyridine rings is 1. The van der Waals surface area contributed by atoms with Crippen molar-refractivity contribution in [2.45, 2.75) is 45.2 Å². The van der Waals surface area contributed by atoms with E-state index in [1.54, 1.807) is 0 Å². The fourth-order valence-corrected chi connectivity index (χ4v) is 5.99. The van der Waals surface area contributed by atoms with E-state index >= 15 is 0 Å². The second-order valence-corrected chi connectivity index (χ2v) is 10.3. The molecule has 2 fully saturated rings. The molecule has 2 aromatic heterocycles. The highest BCUT2D eigenvalue weighted by molar-refractivity contribution is 7.19. The monoisotopic (exact) mass is 474 g/mol. The molecule has 1 aliphatic heterocycles. The summed E-state index contributed by atoms with van der Waals surface area (Å²) >= 11 is 1.51. The van der Waals surface area contributed by atoms with Crippen LogP contribution < -0.4 is 10.6 Å². The molecule has 1 aromatic carbocycles. The summed E-state index contributed by atoms with van der Waals surface area (Å²) < 4.78 is 0. The van der Waals surface area contributed by atoms with Gasteiger partial charge in [-0.1, -0.05) is 29.5 Å². The maximum atomic E-state index is 13.3. The van der Waals surface area contributed by atoms with Crippen LogP contribution >= 0.6 is 11.3 Å². The zero-order valence-corrected chi connectivity index (χ0v) is 20.5. The quantitative estimate of drug-likeness (QED) is 0.507. The van der Waals surface area contributed by atoms with E-state index in [4.69, 9.17) is 4.98 Å². The molecule has 1 spiro atoms. The zero-order valence-electron chi connectivity index (χ0n) is 19.7. The van der Waals surface area contributed by atoms with Crippen LogP contribution in [0.1, 0.15) is 36.2 Å². The highest BCUT2D eigenvalue weighted by Crippen LogP contribution is 2.41. The van der Waals surface area contributed by atoms with Gasteiger partial charge in [-0.15, -0.1) is 0 Å². The lowest BCUT2D eigenvalue weighted by Crippen LogP contribution is -2.66. The molecule has 0 radical (unpaired) electrons.